The van der Waals surface area contributed by atoms with Crippen molar-refractivity contribution in [1.82, 2.24) is 20.5 Å². The molecule has 8 rings (SSSR count). The second-order valence-corrected chi connectivity index (χ2v) is 15.6. The van der Waals surface area contributed by atoms with Crippen LogP contribution in [0.5, 0.6) is 11.5 Å². The van der Waals surface area contributed by atoms with Crippen molar-refractivity contribution in [3.05, 3.63) is 106 Å². The van der Waals surface area contributed by atoms with Crippen molar-refractivity contribution in [3.8, 4) is 11.5 Å². The number of fused-ring (bicyclic) bond motifs is 4. The van der Waals surface area contributed by atoms with Gasteiger partial charge in [0.15, 0.2) is 0 Å². The van der Waals surface area contributed by atoms with E-state index in [0.717, 1.165) is 81.5 Å². The third-order valence-electron chi connectivity index (χ3n) is 11.7. The first-order chi connectivity index (χ1) is 27.3. The van der Waals surface area contributed by atoms with Gasteiger partial charge in [-0.05, 0) is 124 Å². The van der Waals surface area contributed by atoms with Crippen LogP contribution in [0.25, 0.3) is 10.9 Å². The number of aromatic amines is 1. The minimum absolute atomic E-state index is 0.0430. The molecule has 298 valence electrons. The normalized spacial score (nSPS) is 22.9. The molecule has 4 fully saturated rings. The number of piperidine rings is 3. The molecule has 56 heavy (non-hydrogen) atoms. The molecular formula is C44H54N4O8. The smallest absolute Gasteiger partial charge is 0.408 e. The summed E-state index contributed by atoms with van der Waals surface area (Å²) in [4.78, 5) is 42.7. The van der Waals surface area contributed by atoms with Gasteiger partial charge < -0.3 is 40.0 Å². The molecule has 12 nitrogen and oxygen atoms in total. The Morgan fingerprint density at radius 2 is 1.68 bits per heavy atom. The van der Waals surface area contributed by atoms with E-state index in [2.05, 4.69) is 20.5 Å². The summed E-state index contributed by atoms with van der Waals surface area (Å²) in [5.74, 6) is 1.24. The number of aliphatic hydroxyl groups is 1. The van der Waals surface area contributed by atoms with Gasteiger partial charge in [0.25, 0.3) is 0 Å². The number of unbranched alkanes of at least 4 members (excludes halogenated alkanes) is 1. The number of carbonyl (C=O) groups is 2. The van der Waals surface area contributed by atoms with E-state index in [-0.39, 0.29) is 35.3 Å². The molecule has 3 aliphatic heterocycles. The van der Waals surface area contributed by atoms with Crippen molar-refractivity contribution >= 4 is 23.0 Å². The van der Waals surface area contributed by atoms with Gasteiger partial charge in [-0.2, -0.15) is 0 Å². The third-order valence-corrected chi connectivity index (χ3v) is 11.7. The monoisotopic (exact) mass is 766 g/mol. The molecule has 3 saturated heterocycles. The molecule has 1 aliphatic carbocycles. The van der Waals surface area contributed by atoms with Gasteiger partial charge in [-0.15, -0.1) is 0 Å². The summed E-state index contributed by atoms with van der Waals surface area (Å²) in [6.07, 6.45) is 5.67. The number of aromatic hydroxyl groups is 1. The summed E-state index contributed by atoms with van der Waals surface area (Å²) in [7, 11) is 0. The minimum Gasteiger partial charge on any atom is -0.506 e. The minimum atomic E-state index is -0.821. The summed E-state index contributed by atoms with van der Waals surface area (Å²) < 4.78 is 17.9. The lowest BCUT2D eigenvalue weighted by Gasteiger charge is -2.43. The predicted octanol–water partition coefficient (Wildman–Crippen LogP) is 5.98. The Morgan fingerprint density at radius 3 is 2.45 bits per heavy atom. The first-order valence-corrected chi connectivity index (χ1v) is 20.2. The molecule has 1 aromatic heterocycles. The Hall–Kier alpha value is -4.91. The van der Waals surface area contributed by atoms with E-state index in [1.54, 1.807) is 12.1 Å². The largest absolute Gasteiger partial charge is 0.506 e. The Labute approximate surface area is 327 Å². The molecule has 4 aromatic rings. The van der Waals surface area contributed by atoms with Crippen LogP contribution in [0.1, 0.15) is 80.2 Å². The highest BCUT2D eigenvalue weighted by Gasteiger charge is 2.37. The quantitative estimate of drug-likeness (QED) is 0.0678. The number of hydrogen-bond donors (Lipinski definition) is 5. The van der Waals surface area contributed by atoms with Crippen LogP contribution >= 0.6 is 0 Å². The topological polar surface area (TPSA) is 162 Å². The number of nitrogens with zero attached hydrogens (tertiary/aromatic N) is 1. The van der Waals surface area contributed by atoms with Crippen LogP contribution in [0.3, 0.4) is 0 Å². The van der Waals surface area contributed by atoms with Crippen molar-refractivity contribution in [1.29, 1.82) is 0 Å². The maximum atomic E-state index is 13.2. The van der Waals surface area contributed by atoms with Gasteiger partial charge >= 0.3 is 12.1 Å². The highest BCUT2D eigenvalue weighted by molar-refractivity contribution is 5.87. The molecule has 1 amide bonds. The van der Waals surface area contributed by atoms with E-state index >= 15 is 0 Å². The maximum Gasteiger partial charge on any atom is 0.408 e. The van der Waals surface area contributed by atoms with Crippen LogP contribution < -0.4 is 20.9 Å². The number of carbonyl (C=O) groups excluding carboxylic acids is 2. The van der Waals surface area contributed by atoms with E-state index in [4.69, 9.17) is 14.2 Å². The molecule has 4 heterocycles. The number of phenols is 1. The number of pyridine rings is 1. The zero-order chi connectivity index (χ0) is 38.9. The summed E-state index contributed by atoms with van der Waals surface area (Å²) >= 11 is 0. The lowest BCUT2D eigenvalue weighted by molar-refractivity contribution is -0.150. The van der Waals surface area contributed by atoms with Crippen LogP contribution in [-0.4, -0.2) is 84.2 Å². The van der Waals surface area contributed by atoms with Crippen LogP contribution in [0.4, 0.5) is 4.79 Å². The second kappa shape index (κ2) is 18.8. The van der Waals surface area contributed by atoms with Gasteiger partial charge in [-0.1, -0.05) is 48.5 Å². The van der Waals surface area contributed by atoms with Crippen molar-refractivity contribution in [2.24, 2.45) is 17.8 Å². The molecule has 4 aliphatic rings. The average molecular weight is 767 g/mol. The maximum absolute atomic E-state index is 13.2. The molecule has 0 spiro atoms. The number of amides is 1. The number of alkyl carbamates (subject to hydrolysis) is 1. The van der Waals surface area contributed by atoms with Crippen LogP contribution in [0.2, 0.25) is 0 Å². The fourth-order valence-corrected chi connectivity index (χ4v) is 8.44. The molecule has 5 N–H and O–H groups in total. The van der Waals surface area contributed by atoms with E-state index in [0.29, 0.717) is 61.0 Å². The van der Waals surface area contributed by atoms with Crippen LogP contribution in [0.15, 0.2) is 83.7 Å². The molecule has 3 atom stereocenters. The van der Waals surface area contributed by atoms with Crippen molar-refractivity contribution < 1.29 is 34.0 Å². The van der Waals surface area contributed by atoms with Crippen molar-refractivity contribution in [2.45, 2.75) is 69.6 Å². The van der Waals surface area contributed by atoms with E-state index in [1.165, 1.54) is 12.1 Å². The number of ether oxygens (including phenoxy) is 3. The highest BCUT2D eigenvalue weighted by atomic mass is 16.6. The zero-order valence-electron chi connectivity index (χ0n) is 31.9. The number of aliphatic hydroxyl groups excluding tert-OH is 1. The first-order valence-electron chi connectivity index (χ1n) is 20.2. The van der Waals surface area contributed by atoms with E-state index < -0.39 is 12.2 Å². The van der Waals surface area contributed by atoms with E-state index in [1.807, 2.05) is 54.6 Å². The Balaban J connectivity index is 0.803. The summed E-state index contributed by atoms with van der Waals surface area (Å²) in [5.41, 5.74) is 2.49. The number of benzene rings is 3. The number of esters is 1. The van der Waals surface area contributed by atoms with Gasteiger partial charge in [0.2, 0.25) is 5.56 Å². The number of aromatic nitrogens is 1. The number of nitrogens with one attached hydrogen (secondary N) is 3. The molecule has 1 saturated carbocycles. The zero-order valence-corrected chi connectivity index (χ0v) is 31.9. The Morgan fingerprint density at radius 1 is 0.893 bits per heavy atom. The lowest BCUT2D eigenvalue weighted by Crippen LogP contribution is -2.52. The van der Waals surface area contributed by atoms with Crippen LogP contribution in [-0.2, 0) is 14.3 Å². The Bertz CT molecular complexity index is 1970. The fraction of sp³-hybridized carbons (Fsp3) is 0.477. The second-order valence-electron chi connectivity index (χ2n) is 15.6. The van der Waals surface area contributed by atoms with Gasteiger partial charge in [0, 0.05) is 24.5 Å². The average Bonchev–Trinajstić information content (AvgIpc) is 3.23. The van der Waals surface area contributed by atoms with Crippen molar-refractivity contribution in [3.63, 3.8) is 0 Å². The number of H-pyrrole nitrogens is 1. The van der Waals surface area contributed by atoms with Gasteiger partial charge in [0.1, 0.15) is 17.6 Å². The summed E-state index contributed by atoms with van der Waals surface area (Å²) in [6, 6.07) is 23.5. The Kier molecular flexibility index (Phi) is 13.2. The molecular weight excluding hydrogens is 713 g/mol. The SMILES string of the molecule is O=C(N[C@@H](c1ccccc1)c1cccc(OCC2CCC(C(=O)OCCCCNCC(O)c3ccc(O)c4[nH]c(=O)ccc34)CC2)c1)OC1CN2CCC1CC2. The molecule has 2 unspecified atom stereocenters. The number of rotatable bonds is 16. The lowest BCUT2D eigenvalue weighted by atomic mass is 9.82. The molecule has 2 bridgehead atoms. The van der Waals surface area contributed by atoms with Gasteiger partial charge in [-0.25, -0.2) is 4.79 Å². The van der Waals surface area contributed by atoms with E-state index in [9.17, 15) is 24.6 Å². The summed E-state index contributed by atoms with van der Waals surface area (Å²) in [5, 5.41) is 27.8. The van der Waals surface area contributed by atoms with Crippen molar-refractivity contribution in [2.75, 3.05) is 45.9 Å². The van der Waals surface area contributed by atoms with Gasteiger partial charge in [0.05, 0.1) is 36.8 Å². The standard InChI is InChI=1S/C44H54N4O8/c49-37-17-15-35(36-16-18-40(51)46-42(36)37)38(50)26-45-21-4-5-24-54-43(52)32-13-11-29(12-14-32)28-55-34-10-6-9-33(25-34)41(31-7-2-1-3-8-31)47-44(53)56-39-27-48-22-19-30(39)20-23-48/h1-3,6-10,15-18,25,29-30,32,38-39,41,45,49-50H,4-5,11-14,19-24,26-28H2,(H,46,51)(H,47,53)/t29?,32?,38?,39?,41-/m0/s1. The third kappa shape index (κ3) is 10.1. The fourth-order valence-electron chi connectivity index (χ4n) is 8.44. The predicted molar refractivity (Wildman–Crippen MR) is 212 cm³/mol. The molecule has 0 radical (unpaired) electrons. The molecule has 12 heteroatoms. The first kappa shape index (κ1) is 39.3. The number of hydrogen-bond acceptors (Lipinski definition) is 10. The number of phenolic OH excluding ortho intramolecular Hbond substituents is 1. The van der Waals surface area contributed by atoms with Gasteiger partial charge in [-0.3, -0.25) is 14.5 Å². The summed E-state index contributed by atoms with van der Waals surface area (Å²) in [6.45, 7) is 4.85. The highest BCUT2D eigenvalue weighted by Crippen LogP contribution is 2.33. The molecule has 3 aromatic carbocycles. The van der Waals surface area contributed by atoms with Crippen LogP contribution in [0, 0.1) is 17.8 Å².